The first-order valence-corrected chi connectivity index (χ1v) is 9.10. The van der Waals surface area contributed by atoms with Gasteiger partial charge in [0.25, 0.3) is 10.1 Å². The molecule has 0 saturated carbocycles. The van der Waals surface area contributed by atoms with E-state index in [1.807, 2.05) is 0 Å². The van der Waals surface area contributed by atoms with Crippen molar-refractivity contribution < 1.29 is 45.9 Å². The summed E-state index contributed by atoms with van der Waals surface area (Å²) in [5.41, 5.74) is -0.0380. The summed E-state index contributed by atoms with van der Waals surface area (Å²) < 4.78 is 32.5. The summed E-state index contributed by atoms with van der Waals surface area (Å²) in [5.74, 6) is -1.94. The molecule has 0 spiro atoms. The van der Waals surface area contributed by atoms with Gasteiger partial charge in [-0.2, -0.15) is 8.42 Å². The predicted octanol–water partition coefficient (Wildman–Crippen LogP) is 4.32. The van der Waals surface area contributed by atoms with Crippen molar-refractivity contribution in [2.75, 3.05) is 0 Å². The number of hydrogen-bond acceptors (Lipinski definition) is 6. The van der Waals surface area contributed by atoms with Gasteiger partial charge in [0.15, 0.2) is 5.75 Å². The van der Waals surface area contributed by atoms with Crippen LogP contribution in [0.2, 0.25) is 0 Å². The predicted molar refractivity (Wildman–Crippen MR) is 98.9 cm³/mol. The van der Waals surface area contributed by atoms with Crippen molar-refractivity contribution in [1.29, 1.82) is 0 Å². The maximum Gasteiger partial charge on any atom is 1.00 e. The SMILES string of the molecule is Cc1ccc(N=Nc2c(O)c(C(=O)O)cc3ccccc23)c(S(=O)(=O)O)c1.[H+].[Ni]. The molecule has 0 atom stereocenters. The monoisotopic (exact) mass is 445 g/mol. The number of hydrogen-bond donors (Lipinski definition) is 3. The average molecular weight is 446 g/mol. The van der Waals surface area contributed by atoms with Crippen molar-refractivity contribution in [2.24, 2.45) is 10.2 Å². The van der Waals surface area contributed by atoms with Crippen LogP contribution in [0, 0.1) is 6.92 Å². The van der Waals surface area contributed by atoms with E-state index >= 15 is 0 Å². The maximum absolute atomic E-state index is 11.6. The van der Waals surface area contributed by atoms with Crippen molar-refractivity contribution >= 4 is 38.2 Å². The molecular weight excluding hydrogens is 431 g/mol. The number of phenols is 1. The number of rotatable bonds is 4. The molecule has 0 fully saturated rings. The molecule has 0 amide bonds. The van der Waals surface area contributed by atoms with Crippen molar-refractivity contribution in [2.45, 2.75) is 11.8 Å². The standard InChI is InChI=1S/C18H14N2O6S.Ni/c1-10-6-7-14(15(8-10)27(24,25)26)19-20-16-12-5-3-2-4-11(12)9-13(17(16)21)18(22)23;/h2-9,21H,1H3,(H,22,23)(H,24,25,26);/p+1. The minimum absolute atomic E-state index is 0. The second kappa shape index (κ2) is 8.06. The zero-order chi connectivity index (χ0) is 19.8. The Labute approximate surface area is 171 Å². The Bertz CT molecular complexity index is 1210. The summed E-state index contributed by atoms with van der Waals surface area (Å²) in [6.07, 6.45) is 0. The largest absolute Gasteiger partial charge is 1.00 e. The Hall–Kier alpha value is -2.81. The van der Waals surface area contributed by atoms with Gasteiger partial charge in [-0.25, -0.2) is 4.79 Å². The Morgan fingerprint density at radius 2 is 1.75 bits per heavy atom. The minimum atomic E-state index is -4.54. The number of carboxylic acid groups (broad SMARTS) is 1. The Morgan fingerprint density at radius 3 is 2.39 bits per heavy atom. The van der Waals surface area contributed by atoms with Crippen LogP contribution in [0.4, 0.5) is 11.4 Å². The van der Waals surface area contributed by atoms with E-state index in [0.29, 0.717) is 16.3 Å². The summed E-state index contributed by atoms with van der Waals surface area (Å²) in [7, 11) is -4.54. The maximum atomic E-state index is 11.6. The molecule has 3 aromatic rings. The van der Waals surface area contributed by atoms with Crippen LogP contribution in [-0.2, 0) is 26.6 Å². The summed E-state index contributed by atoms with van der Waals surface area (Å²) >= 11 is 0. The van der Waals surface area contributed by atoms with Gasteiger partial charge in [-0.1, -0.05) is 30.3 Å². The molecule has 0 heterocycles. The zero-order valence-corrected chi connectivity index (χ0v) is 16.1. The fourth-order valence-electron chi connectivity index (χ4n) is 2.60. The number of fused-ring (bicyclic) bond motifs is 1. The fourth-order valence-corrected chi connectivity index (χ4v) is 3.30. The van der Waals surface area contributed by atoms with Crippen molar-refractivity contribution in [3.8, 4) is 5.75 Å². The van der Waals surface area contributed by atoms with Gasteiger partial charge >= 0.3 is 7.40 Å². The number of aromatic hydroxyl groups is 1. The Morgan fingerprint density at radius 1 is 1.07 bits per heavy atom. The van der Waals surface area contributed by atoms with Crippen LogP contribution in [0.1, 0.15) is 17.3 Å². The molecule has 10 heteroatoms. The Kier molecular flexibility index (Phi) is 6.18. The number of aromatic carboxylic acids is 1. The molecule has 3 aromatic carbocycles. The molecule has 0 aromatic heterocycles. The van der Waals surface area contributed by atoms with E-state index in [-0.39, 0.29) is 34.9 Å². The van der Waals surface area contributed by atoms with Crippen LogP contribution in [0.15, 0.2) is 63.7 Å². The molecule has 0 bridgehead atoms. The quantitative estimate of drug-likeness (QED) is 0.310. The molecule has 8 nitrogen and oxygen atoms in total. The summed E-state index contributed by atoms with van der Waals surface area (Å²) in [5, 5.41) is 28.2. The second-order valence-electron chi connectivity index (χ2n) is 5.79. The molecule has 0 unspecified atom stereocenters. The molecule has 0 saturated heterocycles. The van der Waals surface area contributed by atoms with Crippen LogP contribution in [0.3, 0.4) is 0 Å². The van der Waals surface area contributed by atoms with Gasteiger partial charge in [-0.15, -0.1) is 10.2 Å². The molecule has 3 rings (SSSR count). The van der Waals surface area contributed by atoms with Crippen LogP contribution in [0.5, 0.6) is 5.75 Å². The summed E-state index contributed by atoms with van der Waals surface area (Å²) in [4.78, 5) is 10.9. The summed E-state index contributed by atoms with van der Waals surface area (Å²) in [6.45, 7) is 1.64. The van der Waals surface area contributed by atoms with Gasteiger partial charge in [-0.3, -0.25) is 4.55 Å². The van der Waals surface area contributed by atoms with Crippen molar-refractivity contribution in [3.05, 3.63) is 59.7 Å². The normalized spacial score (nSPS) is 11.5. The number of nitrogens with zero attached hydrogens (tertiary/aromatic N) is 2. The van der Waals surface area contributed by atoms with E-state index in [0.717, 1.165) is 0 Å². The van der Waals surface area contributed by atoms with E-state index in [2.05, 4.69) is 10.2 Å². The van der Waals surface area contributed by atoms with Gasteiger partial charge in [-0.05, 0) is 36.1 Å². The van der Waals surface area contributed by atoms with Crippen LogP contribution in [0.25, 0.3) is 10.8 Å². The van der Waals surface area contributed by atoms with Gasteiger partial charge in [0.2, 0.25) is 0 Å². The third kappa shape index (κ3) is 4.19. The zero-order valence-electron chi connectivity index (χ0n) is 15.3. The molecule has 28 heavy (non-hydrogen) atoms. The van der Waals surface area contributed by atoms with Gasteiger partial charge in [0.05, 0.1) is 0 Å². The smallest absolute Gasteiger partial charge is 0.505 e. The van der Waals surface area contributed by atoms with E-state index < -0.39 is 26.7 Å². The van der Waals surface area contributed by atoms with Gasteiger partial charge in [0, 0.05) is 21.9 Å². The molecule has 0 aliphatic rings. The van der Waals surface area contributed by atoms with Gasteiger partial charge < -0.3 is 10.2 Å². The number of azo groups is 1. The van der Waals surface area contributed by atoms with E-state index in [4.69, 9.17) is 0 Å². The molecular formula is C18H15N2NiO6S+. The van der Waals surface area contributed by atoms with E-state index in [9.17, 15) is 28.0 Å². The molecule has 3 N–H and O–H groups in total. The number of carbonyl (C=O) groups is 1. The third-order valence-electron chi connectivity index (χ3n) is 3.88. The van der Waals surface area contributed by atoms with E-state index in [1.54, 1.807) is 37.3 Å². The summed E-state index contributed by atoms with van der Waals surface area (Å²) in [6, 6.07) is 12.1. The number of aryl methyl sites for hydroxylation is 1. The number of benzene rings is 3. The fraction of sp³-hybridized carbons (Fsp3) is 0.0556. The van der Waals surface area contributed by atoms with Crippen molar-refractivity contribution in [1.82, 2.24) is 0 Å². The molecule has 0 aliphatic carbocycles. The number of carboxylic acids is 1. The first-order valence-electron chi connectivity index (χ1n) is 7.66. The first-order chi connectivity index (χ1) is 12.7. The van der Waals surface area contributed by atoms with Crippen LogP contribution >= 0.6 is 0 Å². The van der Waals surface area contributed by atoms with Gasteiger partial charge in [0.1, 0.15) is 21.8 Å². The van der Waals surface area contributed by atoms with Crippen LogP contribution < -0.4 is 0 Å². The topological polar surface area (TPSA) is 137 Å². The van der Waals surface area contributed by atoms with Crippen molar-refractivity contribution in [3.63, 3.8) is 0 Å². The van der Waals surface area contributed by atoms with E-state index in [1.165, 1.54) is 18.2 Å². The third-order valence-corrected chi connectivity index (χ3v) is 4.76. The van der Waals surface area contributed by atoms with Crippen LogP contribution in [-0.4, -0.2) is 29.2 Å². The minimum Gasteiger partial charge on any atom is -0.505 e. The average Bonchev–Trinajstić information content (AvgIpc) is 2.60. The molecule has 0 radical (unpaired) electrons. The Balaban J connectivity index is 0.00000210. The first kappa shape index (κ1) is 21.5. The molecule has 148 valence electrons. The molecule has 0 aliphatic heterocycles. The second-order valence-corrected chi connectivity index (χ2v) is 7.18.